The van der Waals surface area contributed by atoms with Crippen molar-refractivity contribution in [3.05, 3.63) is 30.3 Å². The van der Waals surface area contributed by atoms with Crippen LogP contribution in [0.1, 0.15) is 6.42 Å². The van der Waals surface area contributed by atoms with Gasteiger partial charge in [0.1, 0.15) is 0 Å². The Bertz CT molecular complexity index is 607. The second kappa shape index (κ2) is 5.62. The third-order valence-electron chi connectivity index (χ3n) is 3.16. The molecule has 0 radical (unpaired) electrons. The lowest BCUT2D eigenvalue weighted by atomic mass is 10.0. The summed E-state index contributed by atoms with van der Waals surface area (Å²) in [6, 6.07) is 7.65. The molecule has 0 unspecified atom stereocenters. The van der Waals surface area contributed by atoms with Gasteiger partial charge in [-0.2, -0.15) is 0 Å². The highest BCUT2D eigenvalue weighted by molar-refractivity contribution is 7.92. The molecule has 0 spiro atoms. The summed E-state index contributed by atoms with van der Waals surface area (Å²) < 4.78 is 34.3. The van der Waals surface area contributed by atoms with Crippen LogP contribution < -0.4 is 0 Å². The smallest absolute Gasteiger partial charge is 0.325 e. The van der Waals surface area contributed by atoms with E-state index >= 15 is 0 Å². The monoisotopic (exact) mass is 298 g/mol. The zero-order chi connectivity index (χ0) is 14.8. The first-order valence-electron chi connectivity index (χ1n) is 5.99. The Balaban J connectivity index is 2.33. The molecule has 0 N–H and O–H groups in total. The minimum atomic E-state index is -3.87. The third kappa shape index (κ3) is 2.67. The summed E-state index contributed by atoms with van der Waals surface area (Å²) in [5.41, 5.74) is 0. The fourth-order valence-electron chi connectivity index (χ4n) is 2.15. The average Bonchev–Trinajstić information content (AvgIpc) is 2.81. The van der Waals surface area contributed by atoms with Crippen molar-refractivity contribution in [1.82, 2.24) is 0 Å². The van der Waals surface area contributed by atoms with Crippen LogP contribution in [0.15, 0.2) is 35.2 Å². The van der Waals surface area contributed by atoms with Crippen molar-refractivity contribution in [2.75, 3.05) is 13.7 Å². The number of esters is 2. The van der Waals surface area contributed by atoms with Gasteiger partial charge in [-0.05, 0) is 12.1 Å². The van der Waals surface area contributed by atoms with Gasteiger partial charge in [0.05, 0.1) is 25.0 Å². The summed E-state index contributed by atoms with van der Waals surface area (Å²) in [7, 11) is -2.66. The van der Waals surface area contributed by atoms with Crippen LogP contribution in [0, 0.1) is 5.92 Å². The summed E-state index contributed by atoms with van der Waals surface area (Å²) in [4.78, 5) is 23.1. The van der Waals surface area contributed by atoms with E-state index in [-0.39, 0.29) is 17.9 Å². The molecule has 0 aromatic heterocycles. The summed E-state index contributed by atoms with van der Waals surface area (Å²) >= 11 is 0. The van der Waals surface area contributed by atoms with Crippen LogP contribution >= 0.6 is 0 Å². The number of carbonyl (C=O) groups excluding carboxylic acids is 2. The Morgan fingerprint density at radius 1 is 1.35 bits per heavy atom. The van der Waals surface area contributed by atoms with E-state index in [0.29, 0.717) is 0 Å². The Morgan fingerprint density at radius 3 is 2.60 bits per heavy atom. The highest BCUT2D eigenvalue weighted by Gasteiger charge is 2.47. The molecule has 1 fully saturated rings. The molecule has 1 heterocycles. The van der Waals surface area contributed by atoms with E-state index in [1.807, 2.05) is 0 Å². The van der Waals surface area contributed by atoms with Gasteiger partial charge in [0.15, 0.2) is 15.1 Å². The second-order valence-electron chi connectivity index (χ2n) is 4.45. The lowest BCUT2D eigenvalue weighted by Gasteiger charge is -2.14. The van der Waals surface area contributed by atoms with Gasteiger partial charge >= 0.3 is 11.9 Å². The molecule has 0 aliphatic carbocycles. The molecule has 7 heteroatoms. The number of rotatable bonds is 4. The average molecular weight is 298 g/mol. The zero-order valence-electron chi connectivity index (χ0n) is 10.8. The van der Waals surface area contributed by atoms with Gasteiger partial charge in [-0.25, -0.2) is 8.42 Å². The molecule has 108 valence electrons. The number of hydrogen-bond acceptors (Lipinski definition) is 6. The van der Waals surface area contributed by atoms with Crippen LogP contribution in [0.4, 0.5) is 0 Å². The molecule has 0 bridgehead atoms. The minimum absolute atomic E-state index is 0.0405. The van der Waals surface area contributed by atoms with Crippen molar-refractivity contribution < 1.29 is 27.5 Å². The van der Waals surface area contributed by atoms with Crippen molar-refractivity contribution >= 4 is 21.8 Å². The van der Waals surface area contributed by atoms with Crippen LogP contribution in [0.25, 0.3) is 0 Å². The van der Waals surface area contributed by atoms with Crippen LogP contribution in [0.3, 0.4) is 0 Å². The molecule has 1 aliphatic rings. The van der Waals surface area contributed by atoms with Crippen molar-refractivity contribution in [1.29, 1.82) is 0 Å². The van der Waals surface area contributed by atoms with Gasteiger partial charge in [0.2, 0.25) is 0 Å². The Kier molecular flexibility index (Phi) is 4.08. The van der Waals surface area contributed by atoms with E-state index in [1.54, 1.807) is 18.2 Å². The van der Waals surface area contributed by atoms with Crippen molar-refractivity contribution in [3.8, 4) is 0 Å². The maximum Gasteiger partial charge on any atom is 0.325 e. The third-order valence-corrected chi connectivity index (χ3v) is 5.34. The summed E-state index contributed by atoms with van der Waals surface area (Å²) in [5.74, 6) is -2.11. The van der Waals surface area contributed by atoms with E-state index in [0.717, 1.165) is 0 Å². The second-order valence-corrected chi connectivity index (χ2v) is 6.52. The number of cyclic esters (lactones) is 1. The van der Waals surface area contributed by atoms with Crippen molar-refractivity contribution in [2.24, 2.45) is 5.92 Å². The summed E-state index contributed by atoms with van der Waals surface area (Å²) in [6.45, 7) is -0.0926. The molecular weight excluding hydrogens is 284 g/mol. The van der Waals surface area contributed by atoms with E-state index in [1.165, 1.54) is 19.2 Å². The minimum Gasteiger partial charge on any atom is -0.469 e. The standard InChI is InChI=1S/C13H14O6S/c1-18-11(14)7-9-8-19-13(15)12(9)20(16,17)10-5-3-2-4-6-10/h2-6,9,12H,7-8H2,1H3/t9-,12+/m1/s1. The molecule has 2 rings (SSSR count). The molecule has 1 aromatic carbocycles. The molecule has 1 saturated heterocycles. The van der Waals surface area contributed by atoms with Crippen LogP contribution in [-0.4, -0.2) is 39.3 Å². The number of sulfone groups is 1. The van der Waals surface area contributed by atoms with Crippen molar-refractivity contribution in [2.45, 2.75) is 16.6 Å². The summed E-state index contributed by atoms with van der Waals surface area (Å²) in [6.07, 6.45) is -0.168. The molecule has 20 heavy (non-hydrogen) atoms. The zero-order valence-corrected chi connectivity index (χ0v) is 11.6. The fraction of sp³-hybridized carbons (Fsp3) is 0.385. The van der Waals surface area contributed by atoms with Crippen LogP contribution in [-0.2, 0) is 28.9 Å². The van der Waals surface area contributed by atoms with Gasteiger partial charge in [-0.15, -0.1) is 0 Å². The van der Waals surface area contributed by atoms with Crippen LogP contribution in [0.5, 0.6) is 0 Å². The van der Waals surface area contributed by atoms with E-state index < -0.39 is 32.9 Å². The Labute approximate surface area is 116 Å². The van der Waals surface area contributed by atoms with E-state index in [4.69, 9.17) is 4.74 Å². The molecule has 6 nitrogen and oxygen atoms in total. The van der Waals surface area contributed by atoms with Gasteiger partial charge in [0, 0.05) is 5.92 Å². The van der Waals surface area contributed by atoms with Gasteiger partial charge in [-0.3, -0.25) is 9.59 Å². The largest absolute Gasteiger partial charge is 0.469 e. The van der Waals surface area contributed by atoms with Crippen LogP contribution in [0.2, 0.25) is 0 Å². The lowest BCUT2D eigenvalue weighted by Crippen LogP contribution is -2.33. The number of benzene rings is 1. The predicted octanol–water partition coefficient (Wildman–Crippen LogP) is 0.565. The van der Waals surface area contributed by atoms with Crippen molar-refractivity contribution in [3.63, 3.8) is 0 Å². The topological polar surface area (TPSA) is 86.7 Å². The Hall–Kier alpha value is -1.89. The van der Waals surface area contributed by atoms with Gasteiger partial charge in [0.25, 0.3) is 0 Å². The number of carbonyl (C=O) groups is 2. The number of methoxy groups -OCH3 is 1. The lowest BCUT2D eigenvalue weighted by molar-refractivity contribution is -0.142. The maximum absolute atomic E-state index is 12.5. The first kappa shape index (κ1) is 14.5. The van der Waals surface area contributed by atoms with Gasteiger partial charge < -0.3 is 9.47 Å². The SMILES string of the molecule is COC(=O)C[C@@H]1COC(=O)[C@H]1S(=O)(=O)c1ccccc1. The first-order valence-corrected chi connectivity index (χ1v) is 7.54. The molecule has 1 aromatic rings. The first-order chi connectivity index (χ1) is 9.46. The molecule has 0 saturated carbocycles. The van der Waals surface area contributed by atoms with E-state index in [9.17, 15) is 18.0 Å². The molecule has 2 atom stereocenters. The predicted molar refractivity (Wildman–Crippen MR) is 68.5 cm³/mol. The summed E-state index contributed by atoms with van der Waals surface area (Å²) in [5, 5.41) is -1.36. The quantitative estimate of drug-likeness (QED) is 0.755. The maximum atomic E-state index is 12.5. The normalized spacial score (nSPS) is 22.4. The molecular formula is C13H14O6S. The number of ether oxygens (including phenoxy) is 2. The fourth-order valence-corrected chi connectivity index (χ4v) is 3.98. The van der Waals surface area contributed by atoms with Gasteiger partial charge in [-0.1, -0.05) is 18.2 Å². The Morgan fingerprint density at radius 2 is 2.00 bits per heavy atom. The highest BCUT2D eigenvalue weighted by Crippen LogP contribution is 2.30. The number of hydrogen-bond donors (Lipinski definition) is 0. The van der Waals surface area contributed by atoms with E-state index in [2.05, 4.69) is 4.74 Å². The molecule has 0 amide bonds. The molecule has 1 aliphatic heterocycles. The highest BCUT2D eigenvalue weighted by atomic mass is 32.2.